The van der Waals surface area contributed by atoms with E-state index >= 15 is 0 Å². The molecule has 22 heavy (non-hydrogen) atoms. The molecule has 0 aliphatic heterocycles. The normalized spacial score (nSPS) is 13.0. The molecule has 0 amide bonds. The van der Waals surface area contributed by atoms with Crippen LogP contribution in [0.4, 0.5) is 32.0 Å². The summed E-state index contributed by atoms with van der Waals surface area (Å²) >= 11 is 3.67. The minimum absolute atomic E-state index is 0.0592. The highest BCUT2D eigenvalue weighted by Crippen LogP contribution is 2.44. The van der Waals surface area contributed by atoms with Crippen molar-refractivity contribution in [2.45, 2.75) is 12.4 Å². The minimum Gasteiger partial charge on any atom is -0.271 e. The Bertz CT molecular complexity index is 632. The SMILES string of the molecule is CSC(=Nc1cc(C(F)(F)F)c(C(F)(F)F)cc1Br)NC#N. The van der Waals surface area contributed by atoms with E-state index in [9.17, 15) is 26.3 Å². The van der Waals surface area contributed by atoms with E-state index in [1.165, 1.54) is 12.4 Å². The third kappa shape index (κ3) is 4.54. The number of halogens is 7. The molecule has 0 heterocycles. The molecule has 0 spiro atoms. The molecular formula is C11H6BrF6N3S. The van der Waals surface area contributed by atoms with E-state index in [4.69, 9.17) is 5.26 Å². The lowest BCUT2D eigenvalue weighted by Crippen LogP contribution is -2.17. The van der Waals surface area contributed by atoms with Crippen LogP contribution in [0, 0.1) is 11.5 Å². The van der Waals surface area contributed by atoms with Crippen LogP contribution < -0.4 is 5.32 Å². The first-order valence-corrected chi connectivity index (χ1v) is 7.28. The molecular weight excluding hydrogens is 400 g/mol. The molecule has 0 aliphatic rings. The fourth-order valence-corrected chi connectivity index (χ4v) is 2.17. The van der Waals surface area contributed by atoms with Gasteiger partial charge in [-0.3, -0.25) is 5.32 Å². The van der Waals surface area contributed by atoms with E-state index < -0.39 is 23.5 Å². The van der Waals surface area contributed by atoms with Gasteiger partial charge < -0.3 is 0 Å². The minimum atomic E-state index is -5.20. The molecule has 0 fully saturated rings. The van der Waals surface area contributed by atoms with Crippen molar-refractivity contribution in [3.63, 3.8) is 0 Å². The third-order valence-corrected chi connectivity index (χ3v) is 3.49. The average Bonchev–Trinajstić information content (AvgIpc) is 2.37. The second-order valence-corrected chi connectivity index (χ2v) is 5.35. The molecule has 0 radical (unpaired) electrons. The Kier molecular flexibility index (Phi) is 5.75. The zero-order valence-electron chi connectivity index (χ0n) is 10.6. The zero-order chi connectivity index (χ0) is 17.1. The Morgan fingerprint density at radius 1 is 1.18 bits per heavy atom. The Labute approximate surface area is 133 Å². The van der Waals surface area contributed by atoms with Crippen molar-refractivity contribution in [1.29, 1.82) is 5.26 Å². The quantitative estimate of drug-likeness (QED) is 0.237. The molecule has 1 aromatic rings. The van der Waals surface area contributed by atoms with Gasteiger partial charge in [-0.25, -0.2) is 4.99 Å². The van der Waals surface area contributed by atoms with E-state index in [1.807, 2.05) is 0 Å². The van der Waals surface area contributed by atoms with Gasteiger partial charge in [0.1, 0.15) is 0 Å². The Morgan fingerprint density at radius 3 is 2.09 bits per heavy atom. The summed E-state index contributed by atoms with van der Waals surface area (Å²) in [5.41, 5.74) is -4.04. The highest BCUT2D eigenvalue weighted by molar-refractivity contribution is 9.10. The molecule has 0 saturated carbocycles. The molecule has 0 aliphatic carbocycles. The summed E-state index contributed by atoms with van der Waals surface area (Å²) in [4.78, 5) is 3.70. The number of alkyl halides is 6. The fraction of sp³-hybridized carbons (Fsp3) is 0.273. The van der Waals surface area contributed by atoms with Crippen molar-refractivity contribution in [2.24, 2.45) is 4.99 Å². The number of nitrogens with one attached hydrogen (secondary N) is 1. The summed E-state index contributed by atoms with van der Waals surface area (Å²) in [5, 5.41) is 10.5. The van der Waals surface area contributed by atoms with Crippen molar-refractivity contribution >= 4 is 38.5 Å². The summed E-state index contributed by atoms with van der Waals surface area (Å²) < 4.78 is 76.4. The molecule has 1 rings (SSSR count). The lowest BCUT2D eigenvalue weighted by Gasteiger charge is -2.17. The van der Waals surface area contributed by atoms with Gasteiger partial charge in [0.2, 0.25) is 0 Å². The second-order valence-electron chi connectivity index (χ2n) is 3.70. The lowest BCUT2D eigenvalue weighted by atomic mass is 10.1. The number of nitrogens with zero attached hydrogens (tertiary/aromatic N) is 2. The highest BCUT2D eigenvalue weighted by atomic mass is 79.9. The van der Waals surface area contributed by atoms with E-state index in [1.54, 1.807) is 0 Å². The van der Waals surface area contributed by atoms with Gasteiger partial charge in [-0.15, -0.1) is 0 Å². The van der Waals surface area contributed by atoms with Gasteiger partial charge in [0.05, 0.1) is 16.8 Å². The molecule has 1 aromatic carbocycles. The Balaban J connectivity index is 3.56. The van der Waals surface area contributed by atoms with Crippen molar-refractivity contribution in [3.05, 3.63) is 27.7 Å². The number of benzene rings is 1. The topological polar surface area (TPSA) is 48.2 Å². The van der Waals surface area contributed by atoms with Crippen molar-refractivity contribution in [3.8, 4) is 6.19 Å². The Hall–Kier alpha value is -1.41. The number of hydrogen-bond acceptors (Lipinski definition) is 3. The molecule has 11 heteroatoms. The average molecular weight is 406 g/mol. The summed E-state index contributed by atoms with van der Waals surface area (Å²) in [6.45, 7) is 0. The molecule has 120 valence electrons. The van der Waals surface area contributed by atoms with E-state index in [-0.39, 0.29) is 21.4 Å². The maximum atomic E-state index is 12.8. The standard InChI is InChI=1S/C11H6BrF6N3S/c1-22-9(20-4-19)21-8-3-6(11(16,17)18)5(2-7(8)12)10(13,14)15/h2-3H,1H3,(H,20,21). The third-order valence-electron chi connectivity index (χ3n) is 2.28. The van der Waals surface area contributed by atoms with E-state index in [0.717, 1.165) is 11.8 Å². The molecule has 0 saturated heterocycles. The summed E-state index contributed by atoms with van der Waals surface area (Å²) in [6.07, 6.45) is -7.35. The van der Waals surface area contributed by atoms with Gasteiger partial charge in [-0.05, 0) is 34.3 Å². The molecule has 0 atom stereocenters. The van der Waals surface area contributed by atoms with Gasteiger partial charge in [-0.2, -0.15) is 31.6 Å². The van der Waals surface area contributed by atoms with E-state index in [0.29, 0.717) is 6.07 Å². The van der Waals surface area contributed by atoms with Crippen LogP contribution in [0.1, 0.15) is 11.1 Å². The largest absolute Gasteiger partial charge is 0.417 e. The van der Waals surface area contributed by atoms with Crippen LogP contribution >= 0.6 is 27.7 Å². The number of aliphatic imine (C=N–C) groups is 1. The maximum Gasteiger partial charge on any atom is 0.417 e. The molecule has 1 N–H and O–H groups in total. The van der Waals surface area contributed by atoms with Crippen molar-refractivity contribution in [1.82, 2.24) is 5.32 Å². The number of thioether (sulfide) groups is 1. The maximum absolute atomic E-state index is 12.8. The van der Waals surface area contributed by atoms with Gasteiger partial charge in [0, 0.05) is 4.47 Å². The number of rotatable bonds is 1. The van der Waals surface area contributed by atoms with Gasteiger partial charge in [0.15, 0.2) is 11.4 Å². The van der Waals surface area contributed by atoms with Crippen LogP contribution in [0.15, 0.2) is 21.6 Å². The van der Waals surface area contributed by atoms with Gasteiger partial charge >= 0.3 is 12.4 Å². The summed E-state index contributed by atoms with van der Waals surface area (Å²) in [6, 6.07) is 0.591. The summed E-state index contributed by atoms with van der Waals surface area (Å²) in [7, 11) is 0. The molecule has 3 nitrogen and oxygen atoms in total. The van der Waals surface area contributed by atoms with Gasteiger partial charge in [0.25, 0.3) is 0 Å². The number of nitriles is 1. The second kappa shape index (κ2) is 6.78. The predicted molar refractivity (Wildman–Crippen MR) is 73.5 cm³/mol. The predicted octanol–water partition coefficient (Wildman–Crippen LogP) is 4.91. The van der Waals surface area contributed by atoms with Crippen LogP contribution in [-0.2, 0) is 12.4 Å². The monoisotopic (exact) mass is 405 g/mol. The lowest BCUT2D eigenvalue weighted by molar-refractivity contribution is -0.162. The van der Waals surface area contributed by atoms with Crippen molar-refractivity contribution in [2.75, 3.05) is 6.26 Å². The molecule has 0 unspecified atom stereocenters. The van der Waals surface area contributed by atoms with Crippen LogP contribution in [-0.4, -0.2) is 11.4 Å². The van der Waals surface area contributed by atoms with Crippen molar-refractivity contribution < 1.29 is 26.3 Å². The van der Waals surface area contributed by atoms with Crippen LogP contribution in [0.2, 0.25) is 0 Å². The smallest absolute Gasteiger partial charge is 0.271 e. The zero-order valence-corrected chi connectivity index (χ0v) is 13.0. The highest BCUT2D eigenvalue weighted by Gasteiger charge is 2.43. The van der Waals surface area contributed by atoms with Gasteiger partial charge in [-0.1, -0.05) is 11.8 Å². The number of amidine groups is 1. The number of hydrogen-bond donors (Lipinski definition) is 1. The fourth-order valence-electron chi connectivity index (χ4n) is 1.40. The summed E-state index contributed by atoms with van der Waals surface area (Å²) in [5.74, 6) is 0. The first kappa shape index (κ1) is 18.6. The first-order chi connectivity index (χ1) is 10.0. The van der Waals surface area contributed by atoms with Crippen LogP contribution in [0.25, 0.3) is 0 Å². The van der Waals surface area contributed by atoms with E-state index in [2.05, 4.69) is 26.2 Å². The Morgan fingerprint density at radius 2 is 1.68 bits per heavy atom. The first-order valence-electron chi connectivity index (χ1n) is 5.26. The van der Waals surface area contributed by atoms with Crippen LogP contribution in [0.3, 0.4) is 0 Å². The van der Waals surface area contributed by atoms with Crippen LogP contribution in [0.5, 0.6) is 0 Å². The molecule has 0 aromatic heterocycles. The molecule has 0 bridgehead atoms.